The second-order valence-electron chi connectivity index (χ2n) is 3.25. The fraction of sp³-hybridized carbons (Fsp3) is 0.857. The van der Waals surface area contributed by atoms with Crippen molar-refractivity contribution < 1.29 is 18.7 Å². The van der Waals surface area contributed by atoms with E-state index in [0.717, 1.165) is 0 Å². The summed E-state index contributed by atoms with van der Waals surface area (Å²) in [4.78, 5) is 10.6. The molecule has 12 heavy (non-hydrogen) atoms. The van der Waals surface area contributed by atoms with Crippen LogP contribution in [0, 0.1) is 0 Å². The van der Waals surface area contributed by atoms with Crippen molar-refractivity contribution in [2.75, 3.05) is 0 Å². The molecular weight excluding hydrogens is 168 g/mol. The number of carbonyl (C=O) groups is 1. The molecule has 0 saturated heterocycles. The lowest BCUT2D eigenvalue weighted by Gasteiger charge is -2.33. The molecule has 3 N–H and O–H groups in total. The van der Waals surface area contributed by atoms with Crippen LogP contribution in [-0.2, 0) is 4.79 Å². The molecule has 0 aliphatic heterocycles. The number of primary amides is 1. The minimum absolute atomic E-state index is 0.241. The van der Waals surface area contributed by atoms with Crippen LogP contribution in [0.1, 0.15) is 25.7 Å². The Kier molecular flexibility index (Phi) is 2.07. The molecule has 0 aromatic rings. The number of hydrogen-bond donors (Lipinski definition) is 2. The summed E-state index contributed by atoms with van der Waals surface area (Å²) in [6.45, 7) is 0. The van der Waals surface area contributed by atoms with E-state index in [1.165, 1.54) is 0 Å². The standard InChI is InChI=1S/C7H11F2NO2/c8-7(9)3-1-6(12,2-4-7)5(10)11/h12H,1-4H2,(H2,10,11). The fourth-order valence-corrected chi connectivity index (χ4v) is 1.28. The van der Waals surface area contributed by atoms with Crippen molar-refractivity contribution in [3.05, 3.63) is 0 Å². The van der Waals surface area contributed by atoms with Crippen molar-refractivity contribution in [3.8, 4) is 0 Å². The minimum atomic E-state index is -2.75. The maximum Gasteiger partial charge on any atom is 0.249 e. The van der Waals surface area contributed by atoms with Gasteiger partial charge in [0.2, 0.25) is 11.8 Å². The quantitative estimate of drug-likeness (QED) is 0.612. The Hall–Kier alpha value is -0.710. The number of aliphatic hydroxyl groups is 1. The molecule has 0 aromatic heterocycles. The molecule has 0 aromatic carbocycles. The van der Waals surface area contributed by atoms with E-state index in [1.54, 1.807) is 0 Å². The molecule has 0 spiro atoms. The first-order valence-corrected chi connectivity index (χ1v) is 3.76. The molecule has 0 atom stereocenters. The van der Waals surface area contributed by atoms with Crippen LogP contribution in [0.25, 0.3) is 0 Å². The summed E-state index contributed by atoms with van der Waals surface area (Å²) < 4.78 is 25.1. The van der Waals surface area contributed by atoms with Crippen LogP contribution < -0.4 is 5.73 Å². The molecule has 1 saturated carbocycles. The summed E-state index contributed by atoms with van der Waals surface area (Å²) in [6, 6.07) is 0. The van der Waals surface area contributed by atoms with Crippen molar-refractivity contribution >= 4 is 5.91 Å². The average molecular weight is 179 g/mol. The monoisotopic (exact) mass is 179 g/mol. The summed E-state index contributed by atoms with van der Waals surface area (Å²) in [5, 5.41) is 9.37. The number of nitrogens with two attached hydrogens (primary N) is 1. The Labute approximate surface area is 68.5 Å². The topological polar surface area (TPSA) is 63.3 Å². The predicted octanol–water partition coefficient (Wildman–Crippen LogP) is 0.412. The average Bonchev–Trinajstić information content (AvgIpc) is 1.96. The van der Waals surface area contributed by atoms with E-state index in [2.05, 4.69) is 0 Å². The van der Waals surface area contributed by atoms with Gasteiger partial charge in [-0.25, -0.2) is 8.78 Å². The van der Waals surface area contributed by atoms with Crippen LogP contribution in [0.3, 0.4) is 0 Å². The van der Waals surface area contributed by atoms with Gasteiger partial charge in [0.15, 0.2) is 0 Å². The fourth-order valence-electron chi connectivity index (χ4n) is 1.28. The molecule has 5 heteroatoms. The van der Waals surface area contributed by atoms with Gasteiger partial charge in [0.1, 0.15) is 5.60 Å². The second kappa shape index (κ2) is 2.65. The molecular formula is C7H11F2NO2. The molecule has 0 unspecified atom stereocenters. The summed E-state index contributed by atoms with van der Waals surface area (Å²) >= 11 is 0. The molecule has 1 fully saturated rings. The Morgan fingerprint density at radius 2 is 1.67 bits per heavy atom. The number of hydrogen-bond acceptors (Lipinski definition) is 2. The maximum atomic E-state index is 12.5. The van der Waals surface area contributed by atoms with Gasteiger partial charge >= 0.3 is 0 Å². The van der Waals surface area contributed by atoms with Crippen molar-refractivity contribution in [2.24, 2.45) is 5.73 Å². The van der Waals surface area contributed by atoms with E-state index in [-0.39, 0.29) is 12.8 Å². The van der Waals surface area contributed by atoms with Gasteiger partial charge in [-0.1, -0.05) is 0 Å². The van der Waals surface area contributed by atoms with Gasteiger partial charge in [0, 0.05) is 12.8 Å². The Morgan fingerprint density at radius 1 is 1.25 bits per heavy atom. The van der Waals surface area contributed by atoms with E-state index in [0.29, 0.717) is 0 Å². The van der Waals surface area contributed by atoms with Crippen molar-refractivity contribution in [3.63, 3.8) is 0 Å². The van der Waals surface area contributed by atoms with Gasteiger partial charge in [-0.2, -0.15) is 0 Å². The molecule has 1 rings (SSSR count). The van der Waals surface area contributed by atoms with Gasteiger partial charge in [-0.05, 0) is 12.8 Å². The molecule has 1 aliphatic rings. The van der Waals surface area contributed by atoms with Crippen LogP contribution in [0.15, 0.2) is 0 Å². The molecule has 1 amide bonds. The SMILES string of the molecule is NC(=O)C1(O)CCC(F)(F)CC1. The van der Waals surface area contributed by atoms with E-state index in [1.807, 2.05) is 0 Å². The van der Waals surface area contributed by atoms with Crippen molar-refractivity contribution in [1.29, 1.82) is 0 Å². The van der Waals surface area contributed by atoms with Crippen LogP contribution in [0.2, 0.25) is 0 Å². The zero-order valence-electron chi connectivity index (χ0n) is 6.52. The van der Waals surface area contributed by atoms with Gasteiger partial charge in [-0.3, -0.25) is 4.79 Å². The second-order valence-corrected chi connectivity index (χ2v) is 3.25. The number of amides is 1. The van der Waals surface area contributed by atoms with Crippen LogP contribution in [-0.4, -0.2) is 22.5 Å². The molecule has 70 valence electrons. The third kappa shape index (κ3) is 1.72. The molecule has 3 nitrogen and oxygen atoms in total. The van der Waals surface area contributed by atoms with Gasteiger partial charge in [0.05, 0.1) is 0 Å². The summed E-state index contributed by atoms with van der Waals surface area (Å²) in [6.07, 6.45) is -1.41. The van der Waals surface area contributed by atoms with Crippen LogP contribution in [0.5, 0.6) is 0 Å². The highest BCUT2D eigenvalue weighted by Crippen LogP contribution is 2.38. The van der Waals surface area contributed by atoms with Gasteiger partial charge in [-0.15, -0.1) is 0 Å². The highest BCUT2D eigenvalue weighted by molar-refractivity contribution is 5.83. The molecule has 1 aliphatic carbocycles. The maximum absolute atomic E-state index is 12.5. The molecule has 0 bridgehead atoms. The largest absolute Gasteiger partial charge is 0.380 e. The summed E-state index contributed by atoms with van der Waals surface area (Å²) in [7, 11) is 0. The third-order valence-corrected chi connectivity index (χ3v) is 2.27. The predicted molar refractivity (Wildman–Crippen MR) is 37.6 cm³/mol. The number of carbonyl (C=O) groups excluding carboxylic acids is 1. The van der Waals surface area contributed by atoms with E-state index in [9.17, 15) is 18.7 Å². The van der Waals surface area contributed by atoms with Crippen LogP contribution in [0.4, 0.5) is 8.78 Å². The first kappa shape index (κ1) is 9.38. The lowest BCUT2D eigenvalue weighted by molar-refractivity contribution is -0.149. The molecule has 0 radical (unpaired) electrons. The number of halogens is 2. The lowest BCUT2D eigenvalue weighted by atomic mass is 9.82. The first-order chi connectivity index (χ1) is 5.36. The minimum Gasteiger partial charge on any atom is -0.380 e. The van der Waals surface area contributed by atoms with E-state index >= 15 is 0 Å². The molecule has 0 heterocycles. The van der Waals surface area contributed by atoms with E-state index < -0.39 is 30.3 Å². The summed E-state index contributed by atoms with van der Waals surface area (Å²) in [5.41, 5.74) is 3.15. The Bertz CT molecular complexity index is 196. The number of alkyl halides is 2. The first-order valence-electron chi connectivity index (χ1n) is 3.76. The van der Waals surface area contributed by atoms with E-state index in [4.69, 9.17) is 5.73 Å². The van der Waals surface area contributed by atoms with Crippen molar-refractivity contribution in [1.82, 2.24) is 0 Å². The zero-order valence-corrected chi connectivity index (χ0v) is 6.52. The zero-order chi connectivity index (χ0) is 9.41. The van der Waals surface area contributed by atoms with Gasteiger partial charge < -0.3 is 10.8 Å². The number of rotatable bonds is 1. The Balaban J connectivity index is 2.62. The van der Waals surface area contributed by atoms with Crippen molar-refractivity contribution in [2.45, 2.75) is 37.2 Å². The smallest absolute Gasteiger partial charge is 0.249 e. The van der Waals surface area contributed by atoms with Crippen LogP contribution >= 0.6 is 0 Å². The highest BCUT2D eigenvalue weighted by Gasteiger charge is 2.45. The lowest BCUT2D eigenvalue weighted by Crippen LogP contribution is -2.48. The normalized spacial score (nSPS) is 26.6. The van der Waals surface area contributed by atoms with Gasteiger partial charge in [0.25, 0.3) is 0 Å². The third-order valence-electron chi connectivity index (χ3n) is 2.27. The summed E-state index contributed by atoms with van der Waals surface area (Å²) in [5.74, 6) is -3.65. The Morgan fingerprint density at radius 3 is 2.00 bits per heavy atom. The highest BCUT2D eigenvalue weighted by atomic mass is 19.3.